The van der Waals surface area contributed by atoms with Crippen LogP contribution in [0, 0.1) is 6.92 Å². The van der Waals surface area contributed by atoms with Crippen molar-refractivity contribution in [2.45, 2.75) is 43.6 Å². The molecule has 1 atom stereocenters. The molecule has 0 spiro atoms. The Labute approximate surface area is 137 Å². The summed E-state index contributed by atoms with van der Waals surface area (Å²) in [5.41, 5.74) is 0.315. The van der Waals surface area contributed by atoms with Gasteiger partial charge in [-0.2, -0.15) is 0 Å². The van der Waals surface area contributed by atoms with Gasteiger partial charge in [0.05, 0.1) is 4.90 Å². The molecular formula is C16H24N2O4S. The number of benzene rings is 1. The van der Waals surface area contributed by atoms with Crippen molar-refractivity contribution in [3.63, 3.8) is 0 Å². The van der Waals surface area contributed by atoms with Gasteiger partial charge < -0.3 is 10.1 Å². The zero-order chi connectivity index (χ0) is 17.3. The smallest absolute Gasteiger partial charge is 0.411 e. The fourth-order valence-corrected chi connectivity index (χ4v) is 4.06. The fraction of sp³-hybridized carbons (Fsp3) is 0.562. The summed E-state index contributed by atoms with van der Waals surface area (Å²) in [7, 11) is -3.67. The number of sulfone groups is 1. The number of rotatable bonds is 2. The van der Waals surface area contributed by atoms with E-state index in [2.05, 4.69) is 5.32 Å². The maximum Gasteiger partial charge on any atom is 0.411 e. The third-order valence-electron chi connectivity index (χ3n) is 3.53. The van der Waals surface area contributed by atoms with E-state index in [1.165, 1.54) is 4.90 Å². The summed E-state index contributed by atoms with van der Waals surface area (Å²) in [5, 5.41) is 2.08. The molecule has 0 bridgehead atoms. The van der Waals surface area contributed by atoms with Gasteiger partial charge in [-0.1, -0.05) is 17.7 Å². The van der Waals surface area contributed by atoms with Crippen LogP contribution in [0.1, 0.15) is 26.3 Å². The lowest BCUT2D eigenvalue weighted by atomic mass is 10.2. The van der Waals surface area contributed by atoms with Gasteiger partial charge in [-0.25, -0.2) is 13.2 Å². The van der Waals surface area contributed by atoms with Gasteiger partial charge in [0.15, 0.2) is 5.37 Å². The molecule has 0 saturated carbocycles. The first-order valence-corrected chi connectivity index (χ1v) is 9.17. The molecule has 1 aromatic carbocycles. The van der Waals surface area contributed by atoms with Crippen LogP contribution >= 0.6 is 0 Å². The molecule has 7 heteroatoms. The zero-order valence-electron chi connectivity index (χ0n) is 14.0. The summed E-state index contributed by atoms with van der Waals surface area (Å²) >= 11 is 0. The van der Waals surface area contributed by atoms with E-state index >= 15 is 0 Å². The average molecular weight is 340 g/mol. The molecule has 0 aliphatic carbocycles. The quantitative estimate of drug-likeness (QED) is 0.890. The Bertz CT molecular complexity index is 662. The number of amides is 1. The number of hydrogen-bond acceptors (Lipinski definition) is 5. The molecule has 1 heterocycles. The van der Waals surface area contributed by atoms with Gasteiger partial charge in [-0.05, 0) is 39.8 Å². The lowest BCUT2D eigenvalue weighted by Crippen LogP contribution is -2.57. The number of carbonyl (C=O) groups excluding carboxylic acids is 1. The van der Waals surface area contributed by atoms with Gasteiger partial charge in [0.1, 0.15) is 5.60 Å². The number of hydrogen-bond donors (Lipinski definition) is 1. The molecule has 1 amide bonds. The summed E-state index contributed by atoms with van der Waals surface area (Å²) < 4.78 is 31.1. The van der Waals surface area contributed by atoms with Crippen LogP contribution in [0.3, 0.4) is 0 Å². The van der Waals surface area contributed by atoms with Gasteiger partial charge in [0.25, 0.3) is 0 Å². The van der Waals surface area contributed by atoms with Gasteiger partial charge in [-0.15, -0.1) is 0 Å². The predicted molar refractivity (Wildman–Crippen MR) is 88.0 cm³/mol. The first-order valence-electron chi connectivity index (χ1n) is 7.62. The molecule has 0 radical (unpaired) electrons. The van der Waals surface area contributed by atoms with E-state index in [0.29, 0.717) is 13.1 Å². The molecular weight excluding hydrogens is 316 g/mol. The second-order valence-electron chi connectivity index (χ2n) is 6.69. The SMILES string of the molecule is Cc1ccc(S(=O)(=O)C2CNCCN2C(=O)OC(C)(C)C)cc1. The molecule has 23 heavy (non-hydrogen) atoms. The topological polar surface area (TPSA) is 75.7 Å². The number of ether oxygens (including phenoxy) is 1. The molecule has 128 valence electrons. The van der Waals surface area contributed by atoms with Crippen LogP contribution in [0.5, 0.6) is 0 Å². The highest BCUT2D eigenvalue weighted by atomic mass is 32.2. The fourth-order valence-electron chi connectivity index (χ4n) is 2.37. The van der Waals surface area contributed by atoms with Crippen LogP contribution in [-0.2, 0) is 14.6 Å². The van der Waals surface area contributed by atoms with Crippen molar-refractivity contribution in [3.05, 3.63) is 29.8 Å². The molecule has 1 fully saturated rings. The average Bonchev–Trinajstić information content (AvgIpc) is 2.46. The molecule has 1 aromatic rings. The van der Waals surface area contributed by atoms with E-state index in [1.54, 1.807) is 45.0 Å². The molecule has 6 nitrogen and oxygen atoms in total. The number of nitrogens with one attached hydrogen (secondary N) is 1. The molecule has 1 aliphatic heterocycles. The van der Waals surface area contributed by atoms with E-state index in [1.807, 2.05) is 6.92 Å². The van der Waals surface area contributed by atoms with Crippen LogP contribution < -0.4 is 5.32 Å². The summed E-state index contributed by atoms with van der Waals surface area (Å²) in [6, 6.07) is 6.65. The van der Waals surface area contributed by atoms with Crippen LogP contribution in [0.2, 0.25) is 0 Å². The van der Waals surface area contributed by atoms with Crippen molar-refractivity contribution >= 4 is 15.9 Å². The van der Waals surface area contributed by atoms with E-state index in [4.69, 9.17) is 4.74 Å². The van der Waals surface area contributed by atoms with Gasteiger partial charge in [0.2, 0.25) is 9.84 Å². The van der Waals surface area contributed by atoms with E-state index in [9.17, 15) is 13.2 Å². The summed E-state index contributed by atoms with van der Waals surface area (Å²) in [4.78, 5) is 13.9. The van der Waals surface area contributed by atoms with Gasteiger partial charge in [0, 0.05) is 19.6 Å². The van der Waals surface area contributed by atoms with Crippen LogP contribution in [0.25, 0.3) is 0 Å². The molecule has 1 saturated heterocycles. The highest BCUT2D eigenvalue weighted by molar-refractivity contribution is 7.92. The zero-order valence-corrected chi connectivity index (χ0v) is 14.8. The number of carbonyl (C=O) groups is 1. The van der Waals surface area contributed by atoms with Crippen molar-refractivity contribution < 1.29 is 17.9 Å². The van der Waals surface area contributed by atoms with E-state index in [-0.39, 0.29) is 11.4 Å². The Hall–Kier alpha value is -1.60. The molecule has 2 rings (SSSR count). The second kappa shape index (κ2) is 6.49. The molecule has 1 unspecified atom stereocenters. The maximum absolute atomic E-state index is 12.9. The van der Waals surface area contributed by atoms with Crippen molar-refractivity contribution in [1.29, 1.82) is 0 Å². The third-order valence-corrected chi connectivity index (χ3v) is 5.60. The molecule has 1 aliphatic rings. The van der Waals surface area contributed by atoms with Crippen LogP contribution in [0.15, 0.2) is 29.2 Å². The Morgan fingerprint density at radius 3 is 2.43 bits per heavy atom. The van der Waals surface area contributed by atoms with Gasteiger partial charge in [-0.3, -0.25) is 4.90 Å². The first-order chi connectivity index (χ1) is 10.6. The van der Waals surface area contributed by atoms with Crippen LogP contribution in [0.4, 0.5) is 4.79 Å². The normalized spacial score (nSPS) is 19.5. The number of piperazine rings is 1. The van der Waals surface area contributed by atoms with Crippen molar-refractivity contribution in [2.24, 2.45) is 0 Å². The highest BCUT2D eigenvalue weighted by Crippen LogP contribution is 2.22. The van der Waals surface area contributed by atoms with Gasteiger partial charge >= 0.3 is 6.09 Å². The summed E-state index contributed by atoms with van der Waals surface area (Å²) in [6.07, 6.45) is -0.598. The Morgan fingerprint density at radius 1 is 1.26 bits per heavy atom. The predicted octanol–water partition coefficient (Wildman–Crippen LogP) is 1.94. The minimum atomic E-state index is -3.67. The van der Waals surface area contributed by atoms with Crippen molar-refractivity contribution in [2.75, 3.05) is 19.6 Å². The van der Waals surface area contributed by atoms with Crippen molar-refractivity contribution in [3.8, 4) is 0 Å². The summed E-state index contributed by atoms with van der Waals surface area (Å²) in [5.74, 6) is 0. The summed E-state index contributed by atoms with van der Waals surface area (Å²) in [6.45, 7) is 8.20. The minimum absolute atomic E-state index is 0.190. The molecule has 1 N–H and O–H groups in total. The Kier molecular flexibility index (Phi) is 5.01. The monoisotopic (exact) mass is 340 g/mol. The lowest BCUT2D eigenvalue weighted by molar-refractivity contribution is 0.0193. The largest absolute Gasteiger partial charge is 0.444 e. The minimum Gasteiger partial charge on any atom is -0.444 e. The molecule has 0 aromatic heterocycles. The van der Waals surface area contributed by atoms with E-state index in [0.717, 1.165) is 5.56 Å². The van der Waals surface area contributed by atoms with Crippen molar-refractivity contribution in [1.82, 2.24) is 10.2 Å². The highest BCUT2D eigenvalue weighted by Gasteiger charge is 2.39. The van der Waals surface area contributed by atoms with Crippen LogP contribution in [-0.4, -0.2) is 50.0 Å². The maximum atomic E-state index is 12.9. The van der Waals surface area contributed by atoms with E-state index < -0.39 is 26.9 Å². The lowest BCUT2D eigenvalue weighted by Gasteiger charge is -2.36. The Morgan fingerprint density at radius 2 is 1.87 bits per heavy atom. The number of aryl methyl sites for hydroxylation is 1. The Balaban J connectivity index is 2.30. The third kappa shape index (κ3) is 4.23. The standard InChI is InChI=1S/C16H24N2O4S/c1-12-5-7-13(8-6-12)23(20,21)14-11-17-9-10-18(14)15(19)22-16(2,3)4/h5-8,14,17H,9-11H2,1-4H3. The first kappa shape index (κ1) is 17.7. The number of nitrogens with zero attached hydrogens (tertiary/aromatic N) is 1. The second-order valence-corrected chi connectivity index (χ2v) is 8.80.